The molecule has 1 heterocycles. The van der Waals surface area contributed by atoms with Gasteiger partial charge in [-0.1, -0.05) is 36.4 Å². The van der Waals surface area contributed by atoms with Crippen LogP contribution in [0.25, 0.3) is 10.8 Å². The van der Waals surface area contributed by atoms with Crippen molar-refractivity contribution in [3.63, 3.8) is 0 Å². The predicted molar refractivity (Wildman–Crippen MR) is 88.4 cm³/mol. The predicted octanol–water partition coefficient (Wildman–Crippen LogP) is 4.74. The van der Waals surface area contributed by atoms with Gasteiger partial charge < -0.3 is 10.5 Å². The smallest absolute Gasteiger partial charge is 0.145 e. The molecule has 0 aliphatic heterocycles. The summed E-state index contributed by atoms with van der Waals surface area (Å²) in [5.41, 5.74) is 5.84. The first-order valence-electron chi connectivity index (χ1n) is 6.37. The van der Waals surface area contributed by atoms with E-state index in [1.165, 1.54) is 5.39 Å². The zero-order valence-electron chi connectivity index (χ0n) is 10.8. The second-order valence-electron chi connectivity index (χ2n) is 4.46. The van der Waals surface area contributed by atoms with Crippen LogP contribution in [0, 0.1) is 0 Å². The van der Waals surface area contributed by atoms with Crippen molar-refractivity contribution in [2.75, 3.05) is 6.54 Å². The van der Waals surface area contributed by atoms with Gasteiger partial charge in [0.25, 0.3) is 0 Å². The molecule has 4 heteroatoms. The highest BCUT2D eigenvalue weighted by atomic mass is 79.9. The fraction of sp³-hybridized carbons (Fsp3) is 0.125. The second-order valence-corrected chi connectivity index (χ2v) is 6.23. The topological polar surface area (TPSA) is 35.2 Å². The van der Waals surface area contributed by atoms with E-state index in [4.69, 9.17) is 10.5 Å². The summed E-state index contributed by atoms with van der Waals surface area (Å²) in [5.74, 6) is 0.826. The van der Waals surface area contributed by atoms with Crippen LogP contribution in [0.3, 0.4) is 0 Å². The summed E-state index contributed by atoms with van der Waals surface area (Å²) in [7, 11) is 0. The maximum Gasteiger partial charge on any atom is 0.145 e. The van der Waals surface area contributed by atoms with Crippen LogP contribution in [0.1, 0.15) is 11.0 Å². The summed E-state index contributed by atoms with van der Waals surface area (Å²) >= 11 is 5.30. The molecular formula is C16H14BrNOS. The summed E-state index contributed by atoms with van der Waals surface area (Å²) in [5, 5.41) is 4.37. The van der Waals surface area contributed by atoms with Crippen LogP contribution in [0.2, 0.25) is 0 Å². The molecule has 102 valence electrons. The standard InChI is InChI=1S/C16H14BrNOS/c17-16-12-5-2-1-4-11(12)7-8-13(16)19-14(10-18)15-6-3-9-20-15/h1-9,14H,10,18H2. The summed E-state index contributed by atoms with van der Waals surface area (Å²) in [6.45, 7) is 0.458. The third-order valence-electron chi connectivity index (χ3n) is 3.17. The minimum atomic E-state index is -0.104. The van der Waals surface area contributed by atoms with Gasteiger partial charge >= 0.3 is 0 Å². The number of rotatable bonds is 4. The summed E-state index contributed by atoms with van der Waals surface area (Å²) in [4.78, 5) is 1.15. The van der Waals surface area contributed by atoms with E-state index < -0.39 is 0 Å². The molecule has 1 atom stereocenters. The first-order chi connectivity index (χ1) is 9.79. The third kappa shape index (κ3) is 2.59. The molecule has 2 N–H and O–H groups in total. The minimum absolute atomic E-state index is 0.104. The molecule has 2 nitrogen and oxygen atoms in total. The van der Waals surface area contributed by atoms with Crippen LogP contribution in [0.15, 0.2) is 58.4 Å². The van der Waals surface area contributed by atoms with Crippen molar-refractivity contribution < 1.29 is 4.74 Å². The van der Waals surface area contributed by atoms with Gasteiger partial charge in [0.15, 0.2) is 0 Å². The van der Waals surface area contributed by atoms with Crippen LogP contribution < -0.4 is 10.5 Å². The van der Waals surface area contributed by atoms with Crippen molar-refractivity contribution in [1.82, 2.24) is 0 Å². The Hall–Kier alpha value is -1.36. The number of halogens is 1. The molecule has 2 aromatic carbocycles. The van der Waals surface area contributed by atoms with Gasteiger partial charge in [0, 0.05) is 11.4 Å². The molecule has 0 saturated carbocycles. The monoisotopic (exact) mass is 347 g/mol. The number of fused-ring (bicyclic) bond motifs is 1. The average Bonchev–Trinajstić information content (AvgIpc) is 3.01. The van der Waals surface area contributed by atoms with E-state index in [0.29, 0.717) is 6.54 Å². The molecular weight excluding hydrogens is 334 g/mol. The maximum atomic E-state index is 6.09. The number of hydrogen-bond donors (Lipinski definition) is 1. The third-order valence-corrected chi connectivity index (χ3v) is 4.95. The largest absolute Gasteiger partial charge is 0.482 e. The second kappa shape index (κ2) is 5.95. The average molecular weight is 348 g/mol. The molecule has 0 bridgehead atoms. The van der Waals surface area contributed by atoms with Gasteiger partial charge in [-0.25, -0.2) is 0 Å². The van der Waals surface area contributed by atoms with Gasteiger partial charge in [0.05, 0.1) is 4.47 Å². The van der Waals surface area contributed by atoms with E-state index in [-0.39, 0.29) is 6.10 Å². The minimum Gasteiger partial charge on any atom is -0.482 e. The van der Waals surface area contributed by atoms with E-state index in [9.17, 15) is 0 Å². The summed E-state index contributed by atoms with van der Waals surface area (Å²) < 4.78 is 7.06. The molecule has 0 radical (unpaired) electrons. The molecule has 1 aromatic heterocycles. The van der Waals surface area contributed by atoms with Crippen LogP contribution in [0.4, 0.5) is 0 Å². The summed E-state index contributed by atoms with van der Waals surface area (Å²) in [6, 6.07) is 16.3. The lowest BCUT2D eigenvalue weighted by atomic mass is 10.1. The van der Waals surface area contributed by atoms with Gasteiger partial charge in [0.1, 0.15) is 11.9 Å². The Morgan fingerprint density at radius 2 is 1.95 bits per heavy atom. The number of thiophene rings is 1. The lowest BCUT2D eigenvalue weighted by Crippen LogP contribution is -2.17. The van der Waals surface area contributed by atoms with Gasteiger partial charge in [-0.2, -0.15) is 0 Å². The zero-order valence-corrected chi connectivity index (χ0v) is 13.2. The molecule has 0 amide bonds. The van der Waals surface area contributed by atoms with E-state index >= 15 is 0 Å². The Bertz CT molecular complexity index is 712. The molecule has 20 heavy (non-hydrogen) atoms. The molecule has 0 spiro atoms. The first-order valence-corrected chi connectivity index (χ1v) is 8.04. The molecule has 0 fully saturated rings. The zero-order chi connectivity index (χ0) is 13.9. The van der Waals surface area contributed by atoms with Crippen molar-refractivity contribution in [3.8, 4) is 5.75 Å². The Balaban J connectivity index is 1.96. The highest BCUT2D eigenvalue weighted by molar-refractivity contribution is 9.10. The molecule has 0 aliphatic carbocycles. The Kier molecular flexibility index (Phi) is 4.05. The van der Waals surface area contributed by atoms with Crippen LogP contribution in [0.5, 0.6) is 5.75 Å². The number of nitrogens with two attached hydrogens (primary N) is 1. The van der Waals surface area contributed by atoms with Crippen LogP contribution in [-0.4, -0.2) is 6.54 Å². The molecule has 0 aliphatic rings. The fourth-order valence-corrected chi connectivity index (χ4v) is 3.51. The lowest BCUT2D eigenvalue weighted by Gasteiger charge is -2.18. The van der Waals surface area contributed by atoms with E-state index in [1.807, 2.05) is 29.6 Å². The number of benzene rings is 2. The normalized spacial score (nSPS) is 12.5. The van der Waals surface area contributed by atoms with Crippen molar-refractivity contribution in [2.24, 2.45) is 5.73 Å². The highest BCUT2D eigenvalue weighted by Gasteiger charge is 2.15. The van der Waals surface area contributed by atoms with Gasteiger partial charge in [-0.15, -0.1) is 11.3 Å². The van der Waals surface area contributed by atoms with Gasteiger partial charge in [-0.05, 0) is 44.2 Å². The Morgan fingerprint density at radius 1 is 1.10 bits per heavy atom. The van der Waals surface area contributed by atoms with E-state index in [1.54, 1.807) is 11.3 Å². The van der Waals surface area contributed by atoms with Crippen molar-refractivity contribution in [1.29, 1.82) is 0 Å². The molecule has 3 rings (SSSR count). The van der Waals surface area contributed by atoms with Crippen molar-refractivity contribution in [3.05, 3.63) is 63.3 Å². The molecule has 3 aromatic rings. The van der Waals surface area contributed by atoms with E-state index in [2.05, 4.69) is 40.2 Å². The van der Waals surface area contributed by atoms with Crippen LogP contribution in [-0.2, 0) is 0 Å². The van der Waals surface area contributed by atoms with Crippen LogP contribution >= 0.6 is 27.3 Å². The summed E-state index contributed by atoms with van der Waals surface area (Å²) in [6.07, 6.45) is -0.104. The highest BCUT2D eigenvalue weighted by Crippen LogP contribution is 2.35. The Labute approximate surface area is 130 Å². The quantitative estimate of drug-likeness (QED) is 0.739. The maximum absolute atomic E-state index is 6.09. The first kappa shape index (κ1) is 13.6. The van der Waals surface area contributed by atoms with Crippen molar-refractivity contribution >= 4 is 38.0 Å². The molecule has 1 unspecified atom stereocenters. The number of hydrogen-bond acceptors (Lipinski definition) is 3. The van der Waals surface area contributed by atoms with E-state index in [0.717, 1.165) is 20.5 Å². The van der Waals surface area contributed by atoms with Crippen molar-refractivity contribution in [2.45, 2.75) is 6.10 Å². The Morgan fingerprint density at radius 3 is 2.70 bits per heavy atom. The number of ether oxygens (including phenoxy) is 1. The SMILES string of the molecule is NCC(Oc1ccc2ccccc2c1Br)c1cccs1. The van der Waals surface area contributed by atoms with Gasteiger partial charge in [0.2, 0.25) is 0 Å². The fourth-order valence-electron chi connectivity index (χ4n) is 2.15. The molecule has 0 saturated heterocycles. The van der Waals surface area contributed by atoms with Gasteiger partial charge in [-0.3, -0.25) is 0 Å². The lowest BCUT2D eigenvalue weighted by molar-refractivity contribution is 0.217.